The number of carbonyl (C=O) groups excluding carboxylic acids is 1. The molecule has 0 aliphatic rings. The van der Waals surface area contributed by atoms with Crippen molar-refractivity contribution in [2.75, 3.05) is 6.54 Å². The van der Waals surface area contributed by atoms with Crippen molar-refractivity contribution < 1.29 is 14.7 Å². The van der Waals surface area contributed by atoms with E-state index in [1.54, 1.807) is 17.8 Å². The third-order valence-corrected chi connectivity index (χ3v) is 3.76. The van der Waals surface area contributed by atoms with Gasteiger partial charge in [-0.15, -0.1) is 0 Å². The van der Waals surface area contributed by atoms with E-state index in [4.69, 9.17) is 16.7 Å². The van der Waals surface area contributed by atoms with E-state index in [-0.39, 0.29) is 11.6 Å². The highest BCUT2D eigenvalue weighted by Gasteiger charge is 2.20. The van der Waals surface area contributed by atoms with Crippen molar-refractivity contribution in [1.29, 1.82) is 0 Å². The van der Waals surface area contributed by atoms with Crippen LogP contribution in [-0.4, -0.2) is 43.1 Å². The largest absolute Gasteiger partial charge is 0.477 e. The Hall–Kier alpha value is -2.35. The summed E-state index contributed by atoms with van der Waals surface area (Å²) in [5, 5.41) is 20.5. The quantitative estimate of drug-likeness (QED) is 0.744. The van der Waals surface area contributed by atoms with Crippen LogP contribution >= 0.6 is 11.6 Å². The van der Waals surface area contributed by atoms with Gasteiger partial charge in [0.1, 0.15) is 11.7 Å². The van der Waals surface area contributed by atoms with Gasteiger partial charge in [-0.25, -0.2) is 9.48 Å². The summed E-state index contributed by atoms with van der Waals surface area (Å²) in [4.78, 5) is 23.1. The summed E-state index contributed by atoms with van der Waals surface area (Å²) >= 11 is 5.92. The number of carboxylic acids is 1. The summed E-state index contributed by atoms with van der Waals surface area (Å²) in [6.45, 7) is 4.51. The number of rotatable bonds is 7. The number of aromatic nitrogens is 4. The van der Waals surface area contributed by atoms with Gasteiger partial charge >= 0.3 is 5.97 Å². The molecule has 9 heteroatoms. The fourth-order valence-electron chi connectivity index (χ4n) is 2.11. The van der Waals surface area contributed by atoms with Gasteiger partial charge in [-0.2, -0.15) is 10.2 Å². The number of hydrogen-bond acceptors (Lipinski definition) is 4. The summed E-state index contributed by atoms with van der Waals surface area (Å²) in [7, 11) is 0. The Labute approximate surface area is 138 Å². The van der Waals surface area contributed by atoms with Crippen molar-refractivity contribution in [3.05, 3.63) is 34.9 Å². The SMILES string of the molecule is Cc1nn(CCCNC(=O)C(C)n2nccc2C(=O)O)cc1Cl. The molecule has 8 nitrogen and oxygen atoms in total. The average molecular weight is 340 g/mol. The van der Waals surface area contributed by atoms with Gasteiger partial charge in [0.2, 0.25) is 5.91 Å². The number of nitrogens with zero attached hydrogens (tertiary/aromatic N) is 4. The normalized spacial score (nSPS) is 12.1. The van der Waals surface area contributed by atoms with Gasteiger partial charge in [0.05, 0.1) is 10.7 Å². The van der Waals surface area contributed by atoms with Gasteiger partial charge < -0.3 is 10.4 Å². The van der Waals surface area contributed by atoms with Crippen LogP contribution in [0.15, 0.2) is 18.5 Å². The molecule has 2 aromatic rings. The van der Waals surface area contributed by atoms with E-state index in [9.17, 15) is 9.59 Å². The predicted molar refractivity (Wildman–Crippen MR) is 83.5 cm³/mol. The summed E-state index contributed by atoms with van der Waals surface area (Å²) in [5.74, 6) is -1.40. The molecule has 0 aliphatic carbocycles. The number of amides is 1. The number of halogens is 1. The van der Waals surface area contributed by atoms with E-state index in [0.29, 0.717) is 24.5 Å². The fourth-order valence-corrected chi connectivity index (χ4v) is 2.26. The lowest BCUT2D eigenvalue weighted by molar-refractivity contribution is -0.124. The standard InChI is InChI=1S/C14H18ClN5O3/c1-9-11(15)8-19(18-9)7-3-5-16-13(21)10(2)20-12(14(22)23)4-6-17-20/h4,6,8,10H,3,5,7H2,1-2H3,(H,16,21)(H,22,23). The number of hydrogen-bond donors (Lipinski definition) is 2. The second kappa shape index (κ2) is 7.28. The van der Waals surface area contributed by atoms with Crippen LogP contribution in [0.25, 0.3) is 0 Å². The van der Waals surface area contributed by atoms with Crippen LogP contribution in [0, 0.1) is 6.92 Å². The molecule has 2 N–H and O–H groups in total. The second-order valence-corrected chi connectivity index (χ2v) is 5.52. The maximum Gasteiger partial charge on any atom is 0.354 e. The first-order valence-corrected chi connectivity index (χ1v) is 7.52. The zero-order valence-electron chi connectivity index (χ0n) is 12.9. The number of carboxylic acid groups (broad SMARTS) is 1. The molecule has 0 saturated heterocycles. The highest BCUT2D eigenvalue weighted by Crippen LogP contribution is 2.12. The van der Waals surface area contributed by atoms with Gasteiger partial charge in [-0.1, -0.05) is 11.6 Å². The van der Waals surface area contributed by atoms with Crippen molar-refractivity contribution in [3.8, 4) is 0 Å². The molecule has 1 amide bonds. The number of nitrogens with one attached hydrogen (secondary N) is 1. The minimum atomic E-state index is -1.12. The average Bonchev–Trinajstić information content (AvgIpc) is 3.10. The fraction of sp³-hybridized carbons (Fsp3) is 0.429. The number of aryl methyl sites for hydroxylation is 2. The maximum atomic E-state index is 12.1. The monoisotopic (exact) mass is 339 g/mol. The lowest BCUT2D eigenvalue weighted by atomic mass is 10.3. The van der Waals surface area contributed by atoms with E-state index in [1.165, 1.54) is 16.9 Å². The van der Waals surface area contributed by atoms with Gasteiger partial charge in [-0.05, 0) is 26.3 Å². The van der Waals surface area contributed by atoms with Gasteiger partial charge in [0, 0.05) is 25.5 Å². The van der Waals surface area contributed by atoms with E-state index in [1.807, 2.05) is 6.92 Å². The van der Waals surface area contributed by atoms with Crippen molar-refractivity contribution in [3.63, 3.8) is 0 Å². The highest BCUT2D eigenvalue weighted by molar-refractivity contribution is 6.31. The lowest BCUT2D eigenvalue weighted by Crippen LogP contribution is -2.33. The van der Waals surface area contributed by atoms with Gasteiger partial charge in [-0.3, -0.25) is 9.48 Å². The summed E-state index contributed by atoms with van der Waals surface area (Å²) in [6, 6.07) is 0.660. The second-order valence-electron chi connectivity index (χ2n) is 5.11. The molecule has 0 bridgehead atoms. The third-order valence-electron chi connectivity index (χ3n) is 3.39. The zero-order chi connectivity index (χ0) is 17.0. The van der Waals surface area contributed by atoms with Crippen LogP contribution in [0.1, 0.15) is 35.6 Å². The minimum absolute atomic E-state index is 0.0192. The van der Waals surface area contributed by atoms with Crippen LogP contribution in [0.2, 0.25) is 5.02 Å². The smallest absolute Gasteiger partial charge is 0.354 e. The molecular weight excluding hydrogens is 322 g/mol. The van der Waals surface area contributed by atoms with Gasteiger partial charge in [0.15, 0.2) is 0 Å². The van der Waals surface area contributed by atoms with Crippen LogP contribution in [-0.2, 0) is 11.3 Å². The van der Waals surface area contributed by atoms with Crippen molar-refractivity contribution in [2.24, 2.45) is 0 Å². The van der Waals surface area contributed by atoms with E-state index in [2.05, 4.69) is 15.5 Å². The zero-order valence-corrected chi connectivity index (χ0v) is 13.6. The Morgan fingerprint density at radius 1 is 1.48 bits per heavy atom. The van der Waals surface area contributed by atoms with E-state index in [0.717, 1.165) is 5.69 Å². The Morgan fingerprint density at radius 3 is 2.83 bits per heavy atom. The Balaban J connectivity index is 1.82. The lowest BCUT2D eigenvalue weighted by Gasteiger charge is -2.14. The topological polar surface area (TPSA) is 102 Å². The molecule has 0 fully saturated rings. The van der Waals surface area contributed by atoms with Crippen molar-refractivity contribution in [2.45, 2.75) is 32.9 Å². The molecule has 0 spiro atoms. The molecule has 0 aromatic carbocycles. The molecule has 2 rings (SSSR count). The summed E-state index contributed by atoms with van der Waals surface area (Å²) < 4.78 is 2.91. The first-order chi connectivity index (χ1) is 10.9. The van der Waals surface area contributed by atoms with Crippen LogP contribution in [0.3, 0.4) is 0 Å². The molecule has 0 aliphatic heterocycles. The first kappa shape index (κ1) is 17.0. The van der Waals surface area contributed by atoms with E-state index < -0.39 is 12.0 Å². The molecule has 0 saturated carbocycles. The Morgan fingerprint density at radius 2 is 2.22 bits per heavy atom. The van der Waals surface area contributed by atoms with Crippen molar-refractivity contribution >= 4 is 23.5 Å². The number of carbonyl (C=O) groups is 2. The van der Waals surface area contributed by atoms with Gasteiger partial charge in [0.25, 0.3) is 0 Å². The molecular formula is C14H18ClN5O3. The Kier molecular flexibility index (Phi) is 5.38. The van der Waals surface area contributed by atoms with Crippen LogP contribution in [0.5, 0.6) is 0 Å². The molecule has 2 heterocycles. The summed E-state index contributed by atoms with van der Waals surface area (Å²) in [5.41, 5.74) is 0.749. The number of aromatic carboxylic acids is 1. The summed E-state index contributed by atoms with van der Waals surface area (Å²) in [6.07, 6.45) is 3.78. The highest BCUT2D eigenvalue weighted by atomic mass is 35.5. The molecule has 1 atom stereocenters. The van der Waals surface area contributed by atoms with Crippen molar-refractivity contribution in [1.82, 2.24) is 24.9 Å². The molecule has 2 aromatic heterocycles. The predicted octanol–water partition coefficient (Wildman–Crippen LogP) is 1.51. The molecule has 0 radical (unpaired) electrons. The minimum Gasteiger partial charge on any atom is -0.477 e. The third kappa shape index (κ3) is 4.10. The maximum absolute atomic E-state index is 12.1. The van der Waals surface area contributed by atoms with Crippen LogP contribution < -0.4 is 5.32 Å². The molecule has 1 unspecified atom stereocenters. The first-order valence-electron chi connectivity index (χ1n) is 7.14. The van der Waals surface area contributed by atoms with E-state index >= 15 is 0 Å². The van der Waals surface area contributed by atoms with Crippen LogP contribution in [0.4, 0.5) is 0 Å². The Bertz CT molecular complexity index is 690. The molecule has 124 valence electrons. The molecule has 23 heavy (non-hydrogen) atoms.